The summed E-state index contributed by atoms with van der Waals surface area (Å²) in [5.74, 6) is -0.308. The van der Waals surface area contributed by atoms with Gasteiger partial charge in [0.25, 0.3) is 0 Å². The van der Waals surface area contributed by atoms with Crippen LogP contribution in [0.1, 0.15) is 11.1 Å². The van der Waals surface area contributed by atoms with Gasteiger partial charge in [-0.3, -0.25) is 0 Å². The molecule has 0 aliphatic rings. The highest BCUT2D eigenvalue weighted by Gasteiger charge is 2.09. The number of hydrogen-bond donors (Lipinski definition) is 1. The summed E-state index contributed by atoms with van der Waals surface area (Å²) in [6.07, 6.45) is 0. The van der Waals surface area contributed by atoms with Gasteiger partial charge in [0.15, 0.2) is 0 Å². The summed E-state index contributed by atoms with van der Waals surface area (Å²) >= 11 is 6.49. The second kappa shape index (κ2) is 5.72. The predicted octanol–water partition coefficient (Wildman–Crippen LogP) is 5.27. The Labute approximate surface area is 127 Å². The lowest BCUT2D eigenvalue weighted by Gasteiger charge is -2.12. The van der Waals surface area contributed by atoms with E-state index in [4.69, 9.17) is 5.26 Å². The third kappa shape index (κ3) is 2.96. The molecule has 0 spiro atoms. The van der Waals surface area contributed by atoms with Gasteiger partial charge in [0.1, 0.15) is 11.9 Å². The molecule has 5 heteroatoms. The van der Waals surface area contributed by atoms with Crippen LogP contribution in [0.4, 0.5) is 15.8 Å². The maximum absolute atomic E-state index is 13.4. The monoisotopic (exact) mass is 382 g/mol. The molecule has 2 rings (SSSR count). The van der Waals surface area contributed by atoms with Crippen molar-refractivity contribution in [3.8, 4) is 6.07 Å². The summed E-state index contributed by atoms with van der Waals surface area (Å²) in [5, 5.41) is 12.3. The van der Waals surface area contributed by atoms with Gasteiger partial charge in [-0.1, -0.05) is 6.07 Å². The Kier molecular flexibility index (Phi) is 4.23. The Balaban J connectivity index is 2.45. The van der Waals surface area contributed by atoms with E-state index in [1.54, 1.807) is 18.2 Å². The molecule has 0 amide bonds. The second-order valence-corrected chi connectivity index (χ2v) is 5.69. The van der Waals surface area contributed by atoms with Crippen molar-refractivity contribution in [2.24, 2.45) is 0 Å². The summed E-state index contributed by atoms with van der Waals surface area (Å²) in [5.41, 5.74) is 2.72. The fraction of sp³-hybridized carbons (Fsp3) is 0.0714. The van der Waals surface area contributed by atoms with Gasteiger partial charge >= 0.3 is 0 Å². The molecule has 2 nitrogen and oxygen atoms in total. The van der Waals surface area contributed by atoms with E-state index in [9.17, 15) is 4.39 Å². The number of aryl methyl sites for hydroxylation is 1. The topological polar surface area (TPSA) is 35.8 Å². The molecular formula is C14H9Br2FN2. The van der Waals surface area contributed by atoms with Crippen molar-refractivity contribution in [2.45, 2.75) is 6.92 Å². The third-order valence-electron chi connectivity index (χ3n) is 2.66. The fourth-order valence-electron chi connectivity index (χ4n) is 1.67. The zero-order valence-electron chi connectivity index (χ0n) is 9.97. The molecule has 0 heterocycles. The lowest BCUT2D eigenvalue weighted by Crippen LogP contribution is -1.97. The van der Waals surface area contributed by atoms with Crippen LogP contribution in [-0.2, 0) is 0 Å². The number of halogens is 3. The van der Waals surface area contributed by atoms with Crippen molar-refractivity contribution >= 4 is 43.2 Å². The van der Waals surface area contributed by atoms with Crippen molar-refractivity contribution in [3.05, 3.63) is 56.2 Å². The van der Waals surface area contributed by atoms with Crippen LogP contribution in [-0.4, -0.2) is 0 Å². The predicted molar refractivity (Wildman–Crippen MR) is 81.0 cm³/mol. The average molecular weight is 384 g/mol. The lowest BCUT2D eigenvalue weighted by molar-refractivity contribution is 0.620. The van der Waals surface area contributed by atoms with Gasteiger partial charge in [-0.15, -0.1) is 0 Å². The molecule has 2 aromatic rings. The lowest BCUT2D eigenvalue weighted by atomic mass is 10.1. The molecule has 0 aliphatic heterocycles. The van der Waals surface area contributed by atoms with E-state index in [0.717, 1.165) is 15.7 Å². The van der Waals surface area contributed by atoms with E-state index < -0.39 is 0 Å². The molecule has 0 bridgehead atoms. The normalized spacial score (nSPS) is 10.1. The van der Waals surface area contributed by atoms with E-state index in [1.165, 1.54) is 6.07 Å². The van der Waals surface area contributed by atoms with Crippen molar-refractivity contribution < 1.29 is 4.39 Å². The van der Waals surface area contributed by atoms with Crippen LogP contribution >= 0.6 is 31.9 Å². The highest BCUT2D eigenvalue weighted by Crippen LogP contribution is 2.30. The van der Waals surface area contributed by atoms with E-state index in [0.29, 0.717) is 15.7 Å². The molecule has 0 atom stereocenters. The number of hydrogen-bond acceptors (Lipinski definition) is 2. The standard InChI is InChI=1S/C14H9Br2FN2/c1-8-5-12(17)11(16)6-14(8)19-13-4-2-3-10(15)9(13)7-18/h2-6,19H,1H3. The number of nitrogens with zero attached hydrogens (tertiary/aromatic N) is 1. The van der Waals surface area contributed by atoms with Crippen molar-refractivity contribution in [1.82, 2.24) is 0 Å². The highest BCUT2D eigenvalue weighted by molar-refractivity contribution is 9.10. The number of anilines is 2. The summed E-state index contributed by atoms with van der Waals surface area (Å²) in [6, 6.07) is 10.7. The molecule has 96 valence electrons. The van der Waals surface area contributed by atoms with Gasteiger partial charge in [0.2, 0.25) is 0 Å². The fourth-order valence-corrected chi connectivity index (χ4v) is 2.47. The van der Waals surface area contributed by atoms with Crippen LogP contribution < -0.4 is 5.32 Å². The Bertz CT molecular complexity index is 678. The van der Waals surface area contributed by atoms with E-state index in [-0.39, 0.29) is 5.82 Å². The van der Waals surface area contributed by atoms with Crippen molar-refractivity contribution in [3.63, 3.8) is 0 Å². The van der Waals surface area contributed by atoms with Gasteiger partial charge in [-0.2, -0.15) is 5.26 Å². The van der Waals surface area contributed by atoms with Crippen molar-refractivity contribution in [1.29, 1.82) is 5.26 Å². The quantitative estimate of drug-likeness (QED) is 0.766. The van der Waals surface area contributed by atoms with Crippen LogP contribution in [0, 0.1) is 24.1 Å². The van der Waals surface area contributed by atoms with Crippen LogP contribution in [0.2, 0.25) is 0 Å². The van der Waals surface area contributed by atoms with Crippen LogP contribution in [0.15, 0.2) is 39.3 Å². The number of nitrogens with one attached hydrogen (secondary N) is 1. The largest absolute Gasteiger partial charge is 0.354 e. The average Bonchev–Trinajstić information content (AvgIpc) is 2.36. The summed E-state index contributed by atoms with van der Waals surface area (Å²) in [6.45, 7) is 1.81. The van der Waals surface area contributed by atoms with E-state index >= 15 is 0 Å². The first-order chi connectivity index (χ1) is 9.02. The zero-order chi connectivity index (χ0) is 14.0. The molecule has 0 saturated carbocycles. The van der Waals surface area contributed by atoms with Gasteiger partial charge in [-0.25, -0.2) is 4.39 Å². The van der Waals surface area contributed by atoms with Crippen LogP contribution in [0.5, 0.6) is 0 Å². The summed E-state index contributed by atoms with van der Waals surface area (Å²) in [4.78, 5) is 0. The molecule has 0 unspecified atom stereocenters. The molecule has 0 aromatic heterocycles. The molecule has 2 aromatic carbocycles. The zero-order valence-corrected chi connectivity index (χ0v) is 13.1. The molecule has 1 N–H and O–H groups in total. The Morgan fingerprint density at radius 3 is 2.58 bits per heavy atom. The molecule has 0 radical (unpaired) electrons. The van der Waals surface area contributed by atoms with E-state index in [2.05, 4.69) is 43.2 Å². The first kappa shape index (κ1) is 14.0. The minimum Gasteiger partial charge on any atom is -0.354 e. The SMILES string of the molecule is Cc1cc(F)c(Br)cc1Nc1cccc(Br)c1C#N. The number of rotatable bonds is 2. The van der Waals surface area contributed by atoms with E-state index in [1.807, 2.05) is 13.0 Å². The van der Waals surface area contributed by atoms with Crippen LogP contribution in [0.3, 0.4) is 0 Å². The molecule has 0 fully saturated rings. The molecule has 0 aliphatic carbocycles. The van der Waals surface area contributed by atoms with Gasteiger partial charge < -0.3 is 5.32 Å². The molecule has 0 saturated heterocycles. The first-order valence-electron chi connectivity index (χ1n) is 5.44. The Morgan fingerprint density at radius 2 is 1.89 bits per heavy atom. The van der Waals surface area contributed by atoms with Gasteiger partial charge in [0.05, 0.1) is 15.7 Å². The Morgan fingerprint density at radius 1 is 1.16 bits per heavy atom. The maximum atomic E-state index is 13.4. The summed E-state index contributed by atoms with van der Waals surface area (Å²) in [7, 11) is 0. The number of nitriles is 1. The molecule has 19 heavy (non-hydrogen) atoms. The highest BCUT2D eigenvalue weighted by atomic mass is 79.9. The van der Waals surface area contributed by atoms with Gasteiger partial charge in [-0.05, 0) is 68.6 Å². The van der Waals surface area contributed by atoms with Gasteiger partial charge in [0, 0.05) is 10.2 Å². The first-order valence-corrected chi connectivity index (χ1v) is 7.03. The molecular weight excluding hydrogens is 375 g/mol. The third-order valence-corrected chi connectivity index (χ3v) is 3.93. The smallest absolute Gasteiger partial charge is 0.137 e. The van der Waals surface area contributed by atoms with Crippen LogP contribution in [0.25, 0.3) is 0 Å². The Hall–Kier alpha value is -1.38. The maximum Gasteiger partial charge on any atom is 0.137 e. The number of benzene rings is 2. The minimum atomic E-state index is -0.308. The second-order valence-electron chi connectivity index (χ2n) is 3.98. The van der Waals surface area contributed by atoms with Crippen molar-refractivity contribution in [2.75, 3.05) is 5.32 Å². The summed E-state index contributed by atoms with van der Waals surface area (Å²) < 4.78 is 14.5. The minimum absolute atomic E-state index is 0.308.